The smallest absolute Gasteiger partial charge is 0.341 e. The third-order valence-electron chi connectivity index (χ3n) is 3.88. The molecular weight excluding hydrogens is 368 g/mol. The molecule has 0 radical (unpaired) electrons. The molecule has 2 N–H and O–H groups in total. The van der Waals surface area contributed by atoms with Crippen LogP contribution < -0.4 is 15.4 Å². The van der Waals surface area contributed by atoms with Crippen molar-refractivity contribution in [2.75, 3.05) is 19.0 Å². The third-order valence-corrected chi connectivity index (χ3v) is 5.19. The SMILES string of the molecule is CCOC(=O)c1c(NC(=S)NCc2ccc(OC)cc2)sc(C)c1CC. The molecule has 0 spiro atoms. The number of methoxy groups -OCH3 is 1. The zero-order chi connectivity index (χ0) is 19.1. The summed E-state index contributed by atoms with van der Waals surface area (Å²) in [6.07, 6.45) is 0.768. The van der Waals surface area contributed by atoms with E-state index in [1.807, 2.05) is 38.1 Å². The first-order chi connectivity index (χ1) is 12.5. The van der Waals surface area contributed by atoms with Crippen LogP contribution in [0.3, 0.4) is 0 Å². The first-order valence-corrected chi connectivity index (χ1v) is 9.69. The van der Waals surface area contributed by atoms with Gasteiger partial charge in [0, 0.05) is 11.4 Å². The van der Waals surface area contributed by atoms with Gasteiger partial charge in [-0.3, -0.25) is 0 Å². The van der Waals surface area contributed by atoms with Crippen LogP contribution in [0.15, 0.2) is 24.3 Å². The first kappa shape index (κ1) is 20.2. The molecule has 140 valence electrons. The molecule has 0 aliphatic rings. The number of carbonyl (C=O) groups excluding carboxylic acids is 1. The zero-order valence-electron chi connectivity index (χ0n) is 15.5. The van der Waals surface area contributed by atoms with E-state index in [-0.39, 0.29) is 5.97 Å². The fourth-order valence-corrected chi connectivity index (χ4v) is 3.96. The van der Waals surface area contributed by atoms with E-state index in [2.05, 4.69) is 10.6 Å². The Labute approximate surface area is 163 Å². The van der Waals surface area contributed by atoms with Gasteiger partial charge in [0.2, 0.25) is 0 Å². The summed E-state index contributed by atoms with van der Waals surface area (Å²) in [5.41, 5.74) is 2.68. The van der Waals surface area contributed by atoms with E-state index < -0.39 is 0 Å². The quantitative estimate of drug-likeness (QED) is 0.541. The molecule has 2 aromatic rings. The van der Waals surface area contributed by atoms with Gasteiger partial charge in [-0.05, 0) is 55.7 Å². The van der Waals surface area contributed by atoms with E-state index in [4.69, 9.17) is 21.7 Å². The predicted molar refractivity (Wildman–Crippen MR) is 110 cm³/mol. The fourth-order valence-electron chi connectivity index (χ4n) is 2.58. The van der Waals surface area contributed by atoms with E-state index >= 15 is 0 Å². The molecule has 5 nitrogen and oxygen atoms in total. The highest BCUT2D eigenvalue weighted by Gasteiger charge is 2.22. The molecule has 0 bridgehead atoms. The molecule has 2 rings (SSSR count). The lowest BCUT2D eigenvalue weighted by atomic mass is 10.1. The molecule has 7 heteroatoms. The second-order valence-electron chi connectivity index (χ2n) is 5.57. The van der Waals surface area contributed by atoms with Crippen molar-refractivity contribution in [2.24, 2.45) is 0 Å². The number of nitrogens with one attached hydrogen (secondary N) is 2. The topological polar surface area (TPSA) is 59.6 Å². The molecule has 1 aromatic heterocycles. The van der Waals surface area contributed by atoms with E-state index in [1.54, 1.807) is 14.0 Å². The van der Waals surface area contributed by atoms with Crippen LogP contribution in [0.2, 0.25) is 0 Å². The van der Waals surface area contributed by atoms with Crippen molar-refractivity contribution in [2.45, 2.75) is 33.7 Å². The largest absolute Gasteiger partial charge is 0.497 e. The minimum absolute atomic E-state index is 0.311. The van der Waals surface area contributed by atoms with Crippen molar-refractivity contribution >= 4 is 39.6 Å². The van der Waals surface area contributed by atoms with Gasteiger partial charge in [-0.25, -0.2) is 4.79 Å². The normalized spacial score (nSPS) is 10.3. The van der Waals surface area contributed by atoms with E-state index in [0.29, 0.717) is 23.8 Å². The van der Waals surface area contributed by atoms with Gasteiger partial charge in [-0.15, -0.1) is 11.3 Å². The Kier molecular flexibility index (Phi) is 7.41. The Morgan fingerprint density at radius 3 is 2.50 bits per heavy atom. The van der Waals surface area contributed by atoms with Crippen molar-refractivity contribution < 1.29 is 14.3 Å². The number of carbonyl (C=O) groups is 1. The summed E-state index contributed by atoms with van der Waals surface area (Å²) >= 11 is 6.91. The minimum Gasteiger partial charge on any atom is -0.497 e. The number of ether oxygens (including phenoxy) is 2. The Balaban J connectivity index is 2.06. The van der Waals surface area contributed by atoms with E-state index in [1.165, 1.54) is 11.3 Å². The maximum atomic E-state index is 12.3. The Bertz CT molecular complexity index is 770. The van der Waals surface area contributed by atoms with Crippen LogP contribution >= 0.6 is 23.6 Å². The van der Waals surface area contributed by atoms with Gasteiger partial charge in [0.05, 0.1) is 19.3 Å². The van der Waals surface area contributed by atoms with Gasteiger partial charge < -0.3 is 20.1 Å². The van der Waals surface area contributed by atoms with E-state index in [9.17, 15) is 4.79 Å². The highest BCUT2D eigenvalue weighted by atomic mass is 32.1. The number of anilines is 1. The number of benzene rings is 1. The standard InChI is InChI=1S/C19H24N2O3S2/c1-5-15-12(3)26-17(16(15)18(22)24-6-2)21-19(25)20-11-13-7-9-14(23-4)10-8-13/h7-10H,5-6,11H2,1-4H3,(H2,20,21,25). The molecule has 0 fully saturated rings. The summed E-state index contributed by atoms with van der Waals surface area (Å²) in [4.78, 5) is 13.4. The lowest BCUT2D eigenvalue weighted by Crippen LogP contribution is -2.28. The maximum absolute atomic E-state index is 12.3. The molecule has 0 amide bonds. The first-order valence-electron chi connectivity index (χ1n) is 8.47. The summed E-state index contributed by atoms with van der Waals surface area (Å²) in [6, 6.07) is 7.76. The number of esters is 1. The number of hydrogen-bond donors (Lipinski definition) is 2. The van der Waals surface area contributed by atoms with Crippen molar-refractivity contribution in [1.82, 2.24) is 5.32 Å². The third kappa shape index (κ3) is 4.95. The predicted octanol–water partition coefficient (Wildman–Crippen LogP) is 4.29. The molecular formula is C19H24N2O3S2. The molecule has 0 saturated heterocycles. The highest BCUT2D eigenvalue weighted by Crippen LogP contribution is 2.34. The lowest BCUT2D eigenvalue weighted by Gasteiger charge is -2.12. The van der Waals surface area contributed by atoms with Gasteiger partial charge in [0.15, 0.2) is 5.11 Å². The van der Waals surface area contributed by atoms with Crippen LogP contribution in [0.5, 0.6) is 5.75 Å². The van der Waals surface area contributed by atoms with Crippen LogP contribution in [0.4, 0.5) is 5.00 Å². The number of hydrogen-bond acceptors (Lipinski definition) is 5. The van der Waals surface area contributed by atoms with Gasteiger partial charge in [0.25, 0.3) is 0 Å². The molecule has 0 aliphatic heterocycles. The average molecular weight is 393 g/mol. The van der Waals surface area contributed by atoms with Crippen LogP contribution in [-0.4, -0.2) is 24.8 Å². The van der Waals surface area contributed by atoms with Crippen molar-refractivity contribution in [3.63, 3.8) is 0 Å². The second kappa shape index (κ2) is 9.54. The number of thiophene rings is 1. The van der Waals surface area contributed by atoms with Gasteiger partial charge in [-0.1, -0.05) is 19.1 Å². The molecule has 0 aliphatic carbocycles. The summed E-state index contributed by atoms with van der Waals surface area (Å²) < 4.78 is 10.4. The van der Waals surface area contributed by atoms with Gasteiger partial charge in [0.1, 0.15) is 10.8 Å². The maximum Gasteiger partial charge on any atom is 0.341 e. The molecule has 1 aromatic carbocycles. The minimum atomic E-state index is -0.311. The Morgan fingerprint density at radius 2 is 1.92 bits per heavy atom. The molecule has 26 heavy (non-hydrogen) atoms. The summed E-state index contributed by atoms with van der Waals surface area (Å²) in [5.74, 6) is 0.504. The Hall–Kier alpha value is -2.12. The Morgan fingerprint density at radius 1 is 1.23 bits per heavy atom. The van der Waals surface area contributed by atoms with Gasteiger partial charge >= 0.3 is 5.97 Å². The highest BCUT2D eigenvalue weighted by molar-refractivity contribution is 7.80. The van der Waals surface area contributed by atoms with Crippen LogP contribution in [0.25, 0.3) is 0 Å². The average Bonchev–Trinajstić information content (AvgIpc) is 2.95. The summed E-state index contributed by atoms with van der Waals surface area (Å²) in [7, 11) is 1.64. The summed E-state index contributed by atoms with van der Waals surface area (Å²) in [5, 5.41) is 7.51. The van der Waals surface area contributed by atoms with Crippen LogP contribution in [0, 0.1) is 6.92 Å². The van der Waals surface area contributed by atoms with Crippen LogP contribution in [0.1, 0.15) is 40.2 Å². The van der Waals surface area contributed by atoms with Crippen molar-refractivity contribution in [3.8, 4) is 5.75 Å². The van der Waals surface area contributed by atoms with Gasteiger partial charge in [-0.2, -0.15) is 0 Å². The monoisotopic (exact) mass is 392 g/mol. The fraction of sp³-hybridized carbons (Fsp3) is 0.368. The van der Waals surface area contributed by atoms with E-state index in [0.717, 1.165) is 33.2 Å². The van der Waals surface area contributed by atoms with Crippen LogP contribution in [-0.2, 0) is 17.7 Å². The number of aryl methyl sites for hydroxylation is 1. The molecule has 0 unspecified atom stereocenters. The van der Waals surface area contributed by atoms with Crippen molar-refractivity contribution in [3.05, 3.63) is 45.8 Å². The molecule has 0 saturated carbocycles. The lowest BCUT2D eigenvalue weighted by molar-refractivity contribution is 0.0527. The molecule has 0 atom stereocenters. The summed E-state index contributed by atoms with van der Waals surface area (Å²) in [6.45, 7) is 6.76. The molecule has 1 heterocycles. The number of rotatable bonds is 7. The van der Waals surface area contributed by atoms with Crippen molar-refractivity contribution in [1.29, 1.82) is 0 Å². The second-order valence-corrected chi connectivity index (χ2v) is 7.20. The number of thiocarbonyl (C=S) groups is 1. The zero-order valence-corrected chi connectivity index (χ0v) is 17.1.